The minimum Gasteiger partial charge on any atom is -0.493 e. The van der Waals surface area contributed by atoms with Crippen LogP contribution in [0.15, 0.2) is 30.3 Å². The predicted octanol–water partition coefficient (Wildman–Crippen LogP) is 1.51. The lowest BCUT2D eigenvalue weighted by Gasteiger charge is -2.08. The summed E-state index contributed by atoms with van der Waals surface area (Å²) in [6, 6.07) is 8.16. The fourth-order valence-electron chi connectivity index (χ4n) is 2.06. The Labute approximate surface area is 124 Å². The number of hydrogen-bond donors (Lipinski definition) is 1. The fraction of sp³-hybridized carbons (Fsp3) is 0.143. The summed E-state index contributed by atoms with van der Waals surface area (Å²) in [5, 5.41) is 21.1. The molecule has 8 nitrogen and oxygen atoms in total. The molecule has 0 unspecified atom stereocenters. The summed E-state index contributed by atoms with van der Waals surface area (Å²) in [4.78, 5) is 11.0. The summed E-state index contributed by atoms with van der Waals surface area (Å²) in [6.45, 7) is 0. The van der Waals surface area contributed by atoms with E-state index in [0.717, 1.165) is 0 Å². The van der Waals surface area contributed by atoms with Crippen LogP contribution in [0.2, 0.25) is 0 Å². The Morgan fingerprint density at radius 2 is 1.86 bits per heavy atom. The van der Waals surface area contributed by atoms with Gasteiger partial charge in [-0.25, -0.2) is 4.79 Å². The highest BCUT2D eigenvalue weighted by Crippen LogP contribution is 2.31. The van der Waals surface area contributed by atoms with E-state index in [1.165, 1.54) is 17.7 Å². The second-order valence-corrected chi connectivity index (χ2v) is 4.39. The zero-order valence-electron chi connectivity index (χ0n) is 11.8. The van der Waals surface area contributed by atoms with Crippen molar-refractivity contribution in [1.29, 1.82) is 0 Å². The van der Waals surface area contributed by atoms with E-state index in [9.17, 15) is 4.79 Å². The van der Waals surface area contributed by atoms with Crippen LogP contribution in [0.25, 0.3) is 17.0 Å². The van der Waals surface area contributed by atoms with Crippen molar-refractivity contribution in [3.05, 3.63) is 36.0 Å². The topological polar surface area (TPSA) is 98.8 Å². The molecule has 3 aromatic rings. The summed E-state index contributed by atoms with van der Waals surface area (Å²) in [5.41, 5.74) is 1.05. The van der Waals surface area contributed by atoms with Gasteiger partial charge in [-0.1, -0.05) is 0 Å². The molecule has 0 aliphatic rings. The molecule has 0 saturated carbocycles. The largest absolute Gasteiger partial charge is 0.493 e. The van der Waals surface area contributed by atoms with E-state index in [1.807, 2.05) is 0 Å². The van der Waals surface area contributed by atoms with E-state index in [4.69, 9.17) is 14.6 Å². The molecule has 22 heavy (non-hydrogen) atoms. The lowest BCUT2D eigenvalue weighted by atomic mass is 10.2. The number of aromatic carboxylic acids is 1. The summed E-state index contributed by atoms with van der Waals surface area (Å²) >= 11 is 0. The number of benzene rings is 1. The van der Waals surface area contributed by atoms with Gasteiger partial charge in [-0.05, 0) is 30.3 Å². The van der Waals surface area contributed by atoms with Crippen LogP contribution < -0.4 is 9.47 Å². The van der Waals surface area contributed by atoms with Gasteiger partial charge in [-0.3, -0.25) is 0 Å². The first kappa shape index (κ1) is 13.8. The lowest BCUT2D eigenvalue weighted by Crippen LogP contribution is -2.05. The maximum Gasteiger partial charge on any atom is 0.356 e. The molecule has 0 aliphatic carbocycles. The molecule has 0 bridgehead atoms. The highest BCUT2D eigenvalue weighted by Gasteiger charge is 2.14. The number of aromatic nitrogens is 4. The SMILES string of the molecule is COc1ccc(-c2nnc3ccc(C(=O)O)nn23)cc1OC. The minimum absolute atomic E-state index is 0.0889. The van der Waals surface area contributed by atoms with Gasteiger partial charge in [0.1, 0.15) is 0 Å². The molecule has 1 aromatic carbocycles. The number of hydrogen-bond acceptors (Lipinski definition) is 6. The van der Waals surface area contributed by atoms with Gasteiger partial charge < -0.3 is 14.6 Å². The Morgan fingerprint density at radius 1 is 1.09 bits per heavy atom. The zero-order valence-corrected chi connectivity index (χ0v) is 11.8. The van der Waals surface area contributed by atoms with E-state index >= 15 is 0 Å². The fourth-order valence-corrected chi connectivity index (χ4v) is 2.06. The number of methoxy groups -OCH3 is 2. The van der Waals surface area contributed by atoms with Gasteiger partial charge in [-0.2, -0.15) is 9.61 Å². The van der Waals surface area contributed by atoms with E-state index in [0.29, 0.717) is 28.5 Å². The third kappa shape index (κ3) is 2.20. The van der Waals surface area contributed by atoms with Crippen molar-refractivity contribution in [2.45, 2.75) is 0 Å². The van der Waals surface area contributed by atoms with Crippen LogP contribution in [0.4, 0.5) is 0 Å². The summed E-state index contributed by atoms with van der Waals surface area (Å²) < 4.78 is 11.8. The Morgan fingerprint density at radius 3 is 2.55 bits per heavy atom. The Kier molecular flexibility index (Phi) is 3.34. The first-order valence-electron chi connectivity index (χ1n) is 6.32. The first-order valence-corrected chi connectivity index (χ1v) is 6.32. The summed E-state index contributed by atoms with van der Waals surface area (Å²) in [7, 11) is 3.08. The second kappa shape index (κ2) is 5.32. The number of carbonyl (C=O) groups is 1. The van der Waals surface area contributed by atoms with Crippen molar-refractivity contribution >= 4 is 11.6 Å². The van der Waals surface area contributed by atoms with E-state index in [-0.39, 0.29) is 5.69 Å². The predicted molar refractivity (Wildman–Crippen MR) is 76.3 cm³/mol. The van der Waals surface area contributed by atoms with Crippen molar-refractivity contribution in [2.24, 2.45) is 0 Å². The smallest absolute Gasteiger partial charge is 0.356 e. The Hall–Kier alpha value is -3.16. The van der Waals surface area contributed by atoms with Crippen LogP contribution in [-0.4, -0.2) is 45.1 Å². The van der Waals surface area contributed by atoms with Crippen molar-refractivity contribution in [3.63, 3.8) is 0 Å². The van der Waals surface area contributed by atoms with Crippen molar-refractivity contribution in [3.8, 4) is 22.9 Å². The molecule has 3 rings (SSSR count). The normalized spacial score (nSPS) is 10.6. The maximum atomic E-state index is 11.0. The van der Waals surface area contributed by atoms with Gasteiger partial charge in [0.2, 0.25) is 0 Å². The van der Waals surface area contributed by atoms with Crippen LogP contribution in [-0.2, 0) is 0 Å². The molecule has 2 aromatic heterocycles. The summed E-state index contributed by atoms with van der Waals surface area (Å²) in [5.74, 6) is 0.415. The third-order valence-corrected chi connectivity index (χ3v) is 3.12. The number of carboxylic acid groups (broad SMARTS) is 1. The molecule has 0 spiro atoms. The molecule has 0 atom stereocenters. The molecule has 112 valence electrons. The standard InChI is InChI=1S/C14H12N4O4/c1-21-10-5-3-8(7-11(10)22-2)13-16-15-12-6-4-9(14(19)20)17-18(12)13/h3-7H,1-2H3,(H,19,20). The van der Waals surface area contributed by atoms with Crippen LogP contribution in [0, 0.1) is 0 Å². The van der Waals surface area contributed by atoms with Crippen LogP contribution in [0.5, 0.6) is 11.5 Å². The number of carboxylic acids is 1. The van der Waals surface area contributed by atoms with E-state index in [1.54, 1.807) is 31.4 Å². The average molecular weight is 300 g/mol. The summed E-state index contributed by atoms with van der Waals surface area (Å²) in [6.07, 6.45) is 0. The van der Waals surface area contributed by atoms with Crippen LogP contribution in [0.1, 0.15) is 10.5 Å². The molecule has 0 fully saturated rings. The van der Waals surface area contributed by atoms with Crippen LogP contribution in [0.3, 0.4) is 0 Å². The number of fused-ring (bicyclic) bond motifs is 1. The van der Waals surface area contributed by atoms with E-state index < -0.39 is 5.97 Å². The third-order valence-electron chi connectivity index (χ3n) is 3.12. The monoisotopic (exact) mass is 300 g/mol. The van der Waals surface area contributed by atoms with Gasteiger partial charge in [0.25, 0.3) is 0 Å². The molecule has 0 amide bonds. The van der Waals surface area contributed by atoms with Crippen molar-refractivity contribution in [2.75, 3.05) is 14.2 Å². The molecular formula is C14H12N4O4. The average Bonchev–Trinajstić information content (AvgIpc) is 2.97. The Bertz CT molecular complexity index is 859. The highest BCUT2D eigenvalue weighted by atomic mass is 16.5. The number of ether oxygens (including phenoxy) is 2. The molecule has 1 N–H and O–H groups in total. The number of rotatable bonds is 4. The first-order chi connectivity index (χ1) is 10.6. The zero-order chi connectivity index (χ0) is 15.7. The van der Waals surface area contributed by atoms with Gasteiger partial charge in [-0.15, -0.1) is 10.2 Å². The lowest BCUT2D eigenvalue weighted by molar-refractivity contribution is 0.0689. The van der Waals surface area contributed by atoms with Gasteiger partial charge >= 0.3 is 5.97 Å². The Balaban J connectivity index is 2.17. The van der Waals surface area contributed by atoms with Gasteiger partial charge in [0.15, 0.2) is 28.7 Å². The quantitative estimate of drug-likeness (QED) is 0.779. The second-order valence-electron chi connectivity index (χ2n) is 4.39. The molecule has 2 heterocycles. The van der Waals surface area contributed by atoms with Crippen molar-refractivity contribution in [1.82, 2.24) is 19.8 Å². The number of nitrogens with zero attached hydrogens (tertiary/aromatic N) is 4. The molecule has 0 aliphatic heterocycles. The molecular weight excluding hydrogens is 288 g/mol. The minimum atomic E-state index is -1.12. The van der Waals surface area contributed by atoms with E-state index in [2.05, 4.69) is 15.3 Å². The molecule has 8 heteroatoms. The van der Waals surface area contributed by atoms with Crippen LogP contribution >= 0.6 is 0 Å². The van der Waals surface area contributed by atoms with Crippen molar-refractivity contribution < 1.29 is 19.4 Å². The maximum absolute atomic E-state index is 11.0. The molecule has 0 saturated heterocycles. The molecule has 0 radical (unpaired) electrons. The highest BCUT2D eigenvalue weighted by molar-refractivity contribution is 5.85. The van der Waals surface area contributed by atoms with Gasteiger partial charge in [0.05, 0.1) is 14.2 Å². The van der Waals surface area contributed by atoms with Gasteiger partial charge in [0, 0.05) is 5.56 Å².